The van der Waals surface area contributed by atoms with Gasteiger partial charge in [0.15, 0.2) is 0 Å². The minimum Gasteiger partial charge on any atom is -0.235 e. The number of rotatable bonds is 4. The summed E-state index contributed by atoms with van der Waals surface area (Å²) < 4.78 is 102. The Kier molecular flexibility index (Phi) is 5.01. The maximum Gasteiger partial charge on any atom is 0.116 e. The first-order valence-corrected chi connectivity index (χ1v) is 19.6. The van der Waals surface area contributed by atoms with Crippen LogP contribution in [0.1, 0.15) is 15.1 Å². The van der Waals surface area contributed by atoms with Crippen LogP contribution in [0.5, 0.6) is 0 Å². The third kappa shape index (κ3) is 4.86. The van der Waals surface area contributed by atoms with Crippen molar-refractivity contribution in [3.05, 3.63) is 182 Å². The SMILES string of the molecule is [2H]c1c([2H])c([2H])c2c(c1[2H])c1c([2H])c([2H])c([2H])c([2H])c1c1c([2H])c(-c3cccc(-c4ccc5sc6c(-c7cccc(-c8cccc9c8sc8ccccc89)c7)ncnc6c5c4)c3)c([2H])c([2H])c21. The molecule has 4 heteroatoms. The lowest BCUT2D eigenvalue weighted by Gasteiger charge is -2.12. The number of thiophene rings is 2. The Morgan fingerprint density at radius 1 is 0.393 bits per heavy atom. The van der Waals surface area contributed by atoms with Crippen LogP contribution in [0.4, 0.5) is 0 Å². The normalized spacial score (nSPS) is 14.7. The number of hydrogen-bond acceptors (Lipinski definition) is 4. The molecular formula is C52H30N2S2. The summed E-state index contributed by atoms with van der Waals surface area (Å²) in [6.45, 7) is 0. The number of fused-ring (bicyclic) bond motifs is 12. The summed E-state index contributed by atoms with van der Waals surface area (Å²) in [5.41, 5.74) is 6.90. The third-order valence-electron chi connectivity index (χ3n) is 10.5. The molecule has 3 aromatic heterocycles. The molecule has 0 aliphatic rings. The number of nitrogens with zero attached hydrogens (tertiary/aromatic N) is 2. The Hall–Kier alpha value is -6.72. The van der Waals surface area contributed by atoms with E-state index < -0.39 is 54.4 Å². The summed E-state index contributed by atoms with van der Waals surface area (Å²) >= 11 is 3.41. The van der Waals surface area contributed by atoms with Gasteiger partial charge in [-0.25, -0.2) is 9.97 Å². The highest BCUT2D eigenvalue weighted by Gasteiger charge is 2.17. The summed E-state index contributed by atoms with van der Waals surface area (Å²) in [4.78, 5) is 9.60. The monoisotopic (exact) mass is 757 g/mol. The van der Waals surface area contributed by atoms with Gasteiger partial charge in [0.25, 0.3) is 0 Å². The lowest BCUT2D eigenvalue weighted by molar-refractivity contribution is 1.24. The molecule has 0 amide bonds. The van der Waals surface area contributed by atoms with E-state index in [1.54, 1.807) is 41.1 Å². The molecule has 9 aromatic carbocycles. The molecule has 0 aliphatic heterocycles. The van der Waals surface area contributed by atoms with Gasteiger partial charge in [0.2, 0.25) is 0 Å². The van der Waals surface area contributed by atoms with E-state index in [4.69, 9.17) is 20.9 Å². The molecule has 0 fully saturated rings. The van der Waals surface area contributed by atoms with E-state index in [0.717, 1.165) is 53.8 Å². The second-order valence-corrected chi connectivity index (χ2v) is 15.8. The first-order chi connectivity index (χ1) is 32.3. The lowest BCUT2D eigenvalue weighted by Crippen LogP contribution is -1.87. The van der Waals surface area contributed by atoms with Crippen molar-refractivity contribution in [3.8, 4) is 44.6 Å². The van der Waals surface area contributed by atoms with Gasteiger partial charge in [-0.05, 0) is 102 Å². The molecule has 0 saturated carbocycles. The maximum absolute atomic E-state index is 9.69. The van der Waals surface area contributed by atoms with Gasteiger partial charge < -0.3 is 0 Å². The molecule has 0 spiro atoms. The van der Waals surface area contributed by atoms with Crippen molar-refractivity contribution in [2.24, 2.45) is 0 Å². The molecule has 12 rings (SSSR count). The van der Waals surface area contributed by atoms with Crippen LogP contribution in [-0.2, 0) is 0 Å². The standard InChI is InChI=1S/C52H30N2S2/c1-2-16-40-38(14-1)39-15-3-4-17-41(39)45-28-33(22-24-42(40)45)31-10-7-11-32(26-31)34-23-25-48-46(29-34)50-52(56-48)49(53-30-54-50)36-13-8-12-35(27-36)37-19-9-20-44-43-18-5-6-21-47(43)55-51(37)44/h1-30H/i1D,2D,3D,4D,14D,15D,16D,17D,22D,24D,28D. The molecular weight excluding hydrogens is 717 g/mol. The van der Waals surface area contributed by atoms with Crippen molar-refractivity contribution in [1.82, 2.24) is 9.97 Å². The van der Waals surface area contributed by atoms with Gasteiger partial charge in [-0.15, -0.1) is 22.7 Å². The Bertz CT molecular complexity index is 4160. The Morgan fingerprint density at radius 2 is 1.00 bits per heavy atom. The largest absolute Gasteiger partial charge is 0.235 e. The minimum absolute atomic E-state index is 0.0403. The molecule has 2 nitrogen and oxygen atoms in total. The fraction of sp³-hybridized carbons (Fsp3) is 0. The molecule has 56 heavy (non-hydrogen) atoms. The average Bonchev–Trinajstić information content (AvgIpc) is 3.93. The molecule has 3 heterocycles. The van der Waals surface area contributed by atoms with Crippen molar-refractivity contribution in [2.45, 2.75) is 0 Å². The smallest absolute Gasteiger partial charge is 0.116 e. The highest BCUT2D eigenvalue weighted by molar-refractivity contribution is 7.26. The quantitative estimate of drug-likeness (QED) is 0.167. The molecule has 12 aromatic rings. The van der Waals surface area contributed by atoms with E-state index in [2.05, 4.69) is 72.8 Å². The molecule has 0 saturated heterocycles. The van der Waals surface area contributed by atoms with Crippen molar-refractivity contribution in [1.29, 1.82) is 0 Å². The zero-order chi connectivity index (χ0) is 46.3. The Balaban J connectivity index is 1.00. The number of aromatic nitrogens is 2. The number of hydrogen-bond donors (Lipinski definition) is 0. The lowest BCUT2D eigenvalue weighted by atomic mass is 9.91. The fourth-order valence-corrected chi connectivity index (χ4v) is 10.3. The topological polar surface area (TPSA) is 25.8 Å². The first kappa shape index (κ1) is 22.6. The second kappa shape index (κ2) is 12.4. The molecule has 0 atom stereocenters. The molecule has 0 radical (unpaired) electrons. The Morgan fingerprint density at radius 3 is 1.82 bits per heavy atom. The second-order valence-electron chi connectivity index (χ2n) is 13.7. The van der Waals surface area contributed by atoms with E-state index in [0.29, 0.717) is 5.56 Å². The van der Waals surface area contributed by atoms with Crippen LogP contribution in [0.2, 0.25) is 0 Å². The van der Waals surface area contributed by atoms with Crippen LogP contribution in [0, 0.1) is 0 Å². The highest BCUT2D eigenvalue weighted by atomic mass is 32.1. The van der Waals surface area contributed by atoms with E-state index in [1.165, 1.54) is 20.2 Å². The molecule has 260 valence electrons. The van der Waals surface area contributed by atoms with Crippen LogP contribution >= 0.6 is 22.7 Å². The van der Waals surface area contributed by atoms with Crippen LogP contribution in [0.25, 0.3) is 117 Å². The van der Waals surface area contributed by atoms with Crippen molar-refractivity contribution in [3.63, 3.8) is 0 Å². The van der Waals surface area contributed by atoms with Crippen molar-refractivity contribution in [2.75, 3.05) is 0 Å². The number of benzene rings is 9. The van der Waals surface area contributed by atoms with Gasteiger partial charge in [0.1, 0.15) is 6.33 Å². The molecule has 0 unspecified atom stereocenters. The van der Waals surface area contributed by atoms with Gasteiger partial charge in [-0.2, -0.15) is 0 Å². The summed E-state index contributed by atoms with van der Waals surface area (Å²) in [6, 6.07) is 31.2. The summed E-state index contributed by atoms with van der Waals surface area (Å²) in [5, 5.41) is 2.49. The fourth-order valence-electron chi connectivity index (χ4n) is 7.92. The van der Waals surface area contributed by atoms with Crippen molar-refractivity contribution >= 4 is 95.5 Å². The van der Waals surface area contributed by atoms with Gasteiger partial charge in [-0.1, -0.05) is 139 Å². The minimum atomic E-state index is -0.605. The zero-order valence-corrected chi connectivity index (χ0v) is 30.8. The van der Waals surface area contributed by atoms with Gasteiger partial charge in [0.05, 0.1) is 31.0 Å². The highest BCUT2D eigenvalue weighted by Crippen LogP contribution is 2.43. The van der Waals surface area contributed by atoms with Crippen LogP contribution in [-0.4, -0.2) is 9.97 Å². The zero-order valence-electron chi connectivity index (χ0n) is 40.2. The van der Waals surface area contributed by atoms with E-state index in [-0.39, 0.29) is 50.0 Å². The van der Waals surface area contributed by atoms with Gasteiger partial charge in [-0.3, -0.25) is 0 Å². The van der Waals surface area contributed by atoms with Crippen LogP contribution in [0.15, 0.2) is 182 Å². The summed E-state index contributed by atoms with van der Waals surface area (Å²) in [6.07, 6.45) is 1.60. The predicted molar refractivity (Wildman–Crippen MR) is 242 cm³/mol. The summed E-state index contributed by atoms with van der Waals surface area (Å²) in [5.74, 6) is 0. The first-order valence-electron chi connectivity index (χ1n) is 23.5. The van der Waals surface area contributed by atoms with Crippen LogP contribution in [0.3, 0.4) is 0 Å². The summed E-state index contributed by atoms with van der Waals surface area (Å²) in [7, 11) is 0. The third-order valence-corrected chi connectivity index (χ3v) is 12.9. The molecule has 0 N–H and O–H groups in total. The molecule has 0 bridgehead atoms. The average molecular weight is 758 g/mol. The van der Waals surface area contributed by atoms with E-state index >= 15 is 0 Å². The van der Waals surface area contributed by atoms with Crippen molar-refractivity contribution < 1.29 is 15.1 Å². The molecule has 0 aliphatic carbocycles. The van der Waals surface area contributed by atoms with E-state index in [1.807, 2.05) is 24.3 Å². The van der Waals surface area contributed by atoms with E-state index in [9.17, 15) is 4.11 Å². The predicted octanol–water partition coefficient (Wildman–Crippen LogP) is 15.3. The van der Waals surface area contributed by atoms with Gasteiger partial charge >= 0.3 is 0 Å². The van der Waals surface area contributed by atoms with Crippen LogP contribution < -0.4 is 0 Å². The Labute approximate surface area is 346 Å². The van der Waals surface area contributed by atoms with Gasteiger partial charge in [0, 0.05) is 35.8 Å². The maximum atomic E-state index is 9.69.